The zero-order chi connectivity index (χ0) is 39.1. The number of ether oxygens (including phenoxy) is 4. The molecular formula is C35H40F6N4O7. The van der Waals surface area contributed by atoms with Crippen LogP contribution in [-0.4, -0.2) is 51.4 Å². The summed E-state index contributed by atoms with van der Waals surface area (Å²) in [6.07, 6.45) is -11.8. The predicted molar refractivity (Wildman–Crippen MR) is 176 cm³/mol. The van der Waals surface area contributed by atoms with E-state index in [1.54, 1.807) is 18.2 Å². The largest absolute Gasteiger partial charge is 0.477 e. The molecule has 2 aromatic heterocycles. The molecule has 11 nitrogen and oxygen atoms in total. The summed E-state index contributed by atoms with van der Waals surface area (Å²) in [5.41, 5.74) is -8.86. The van der Waals surface area contributed by atoms with E-state index in [1.165, 1.54) is 65.8 Å². The van der Waals surface area contributed by atoms with Crippen molar-refractivity contribution in [1.29, 1.82) is 0 Å². The number of anilines is 1. The Balaban J connectivity index is 2.39. The summed E-state index contributed by atoms with van der Waals surface area (Å²) in [4.78, 5) is 31.1. The van der Waals surface area contributed by atoms with Gasteiger partial charge in [-0.3, -0.25) is 0 Å². The Labute approximate surface area is 296 Å². The van der Waals surface area contributed by atoms with Gasteiger partial charge in [-0.15, -0.1) is 23.4 Å². The highest BCUT2D eigenvalue weighted by Crippen LogP contribution is 2.48. The smallest absolute Gasteiger partial charge is 0.426 e. The van der Waals surface area contributed by atoms with E-state index >= 15 is 13.2 Å². The maximum Gasteiger partial charge on any atom is 0.426 e. The summed E-state index contributed by atoms with van der Waals surface area (Å²) in [5, 5.41) is 7.32. The number of pyridine rings is 1. The highest BCUT2D eigenvalue weighted by Gasteiger charge is 2.61. The topological polar surface area (TPSA) is 126 Å². The van der Waals surface area contributed by atoms with Gasteiger partial charge in [-0.05, 0) is 72.4 Å². The van der Waals surface area contributed by atoms with Crippen LogP contribution in [0, 0.1) is 0 Å². The molecule has 3 rings (SSSR count). The number of benzene rings is 1. The number of hydrogen-bond acceptors (Lipinski definition) is 10. The second-order valence-electron chi connectivity index (χ2n) is 13.3. The van der Waals surface area contributed by atoms with Crippen LogP contribution >= 0.6 is 0 Å². The van der Waals surface area contributed by atoms with E-state index in [2.05, 4.69) is 28.3 Å². The van der Waals surface area contributed by atoms with Gasteiger partial charge in [-0.1, -0.05) is 42.5 Å². The average molecular weight is 743 g/mol. The Kier molecular flexibility index (Phi) is 12.9. The lowest BCUT2D eigenvalue weighted by molar-refractivity contribution is -0.299. The summed E-state index contributed by atoms with van der Waals surface area (Å²) < 4.78 is 116. The molecule has 52 heavy (non-hydrogen) atoms. The molecule has 0 aliphatic carbocycles. The van der Waals surface area contributed by atoms with Crippen molar-refractivity contribution in [2.45, 2.75) is 96.6 Å². The molecule has 17 heteroatoms. The van der Waals surface area contributed by atoms with Crippen molar-refractivity contribution in [2.75, 3.05) is 11.5 Å². The highest BCUT2D eigenvalue weighted by atomic mass is 19.4. The first-order valence-corrected chi connectivity index (χ1v) is 15.8. The Morgan fingerprint density at radius 2 is 1.44 bits per heavy atom. The molecule has 0 aliphatic heterocycles. The molecule has 0 saturated heterocycles. The van der Waals surface area contributed by atoms with Crippen molar-refractivity contribution >= 4 is 17.9 Å². The molecule has 0 aliphatic rings. The molecule has 0 fully saturated rings. The number of aromatic nitrogens is 3. The average Bonchev–Trinajstić information content (AvgIpc) is 3.50. The lowest BCUT2D eigenvalue weighted by Gasteiger charge is -2.32. The number of halogens is 6. The third-order valence-electron chi connectivity index (χ3n) is 6.69. The van der Waals surface area contributed by atoms with E-state index in [1.807, 2.05) is 0 Å². The van der Waals surface area contributed by atoms with Gasteiger partial charge in [-0.2, -0.15) is 31.2 Å². The molecule has 2 amide bonds. The molecule has 0 bridgehead atoms. The number of carbonyl (C=O) groups is 2. The number of rotatable bonds is 13. The first-order chi connectivity index (χ1) is 24.0. The standard InChI is InChI=1S/C35H40F6N4O7/c1-9-11-18-33(35(39,40)41,49-21-22-16-14-13-15-17-22)28-44-43-27(50-28)25-24(20-23(34(36,37)38)26(42-25)48-19-12-10-2)45(29(46)51-31(3,4)5)30(47)52-32(6,7)8/h9-10,13-17,20H,1-2,11-12,18-19,21H2,3-8H3. The lowest BCUT2D eigenvalue weighted by atomic mass is 9.96. The van der Waals surface area contributed by atoms with Crippen molar-refractivity contribution < 1.29 is 59.3 Å². The molecule has 0 saturated carbocycles. The third kappa shape index (κ3) is 10.6. The van der Waals surface area contributed by atoms with Gasteiger partial charge in [0.2, 0.25) is 11.5 Å². The fraction of sp³-hybridized carbons (Fsp3) is 0.457. The van der Waals surface area contributed by atoms with Crippen molar-refractivity contribution in [1.82, 2.24) is 15.2 Å². The second kappa shape index (κ2) is 16.2. The number of alkyl halides is 6. The Bertz CT molecular complexity index is 1690. The van der Waals surface area contributed by atoms with Gasteiger partial charge < -0.3 is 23.4 Å². The molecule has 1 unspecified atom stereocenters. The fourth-order valence-corrected chi connectivity index (χ4v) is 4.41. The molecular weight excluding hydrogens is 702 g/mol. The zero-order valence-electron chi connectivity index (χ0n) is 29.5. The molecule has 3 aromatic rings. The minimum Gasteiger partial charge on any atom is -0.477 e. The number of amides is 2. The summed E-state index contributed by atoms with van der Waals surface area (Å²) in [5.74, 6) is -3.15. The van der Waals surface area contributed by atoms with Crippen molar-refractivity contribution in [3.8, 4) is 17.5 Å². The number of nitrogens with zero attached hydrogens (tertiary/aromatic N) is 4. The minimum atomic E-state index is -5.20. The van der Waals surface area contributed by atoms with Gasteiger partial charge in [0.1, 0.15) is 16.8 Å². The van der Waals surface area contributed by atoms with Crippen molar-refractivity contribution in [3.63, 3.8) is 0 Å². The first-order valence-electron chi connectivity index (χ1n) is 15.8. The summed E-state index contributed by atoms with van der Waals surface area (Å²) in [6, 6.07) is 8.23. The Morgan fingerprint density at radius 1 is 0.865 bits per heavy atom. The Morgan fingerprint density at radius 3 is 1.94 bits per heavy atom. The quantitative estimate of drug-likeness (QED) is 0.0949. The van der Waals surface area contributed by atoms with Gasteiger partial charge in [0.05, 0.1) is 18.9 Å². The number of allylic oxidation sites excluding steroid dienone is 1. The van der Waals surface area contributed by atoms with Crippen LogP contribution in [0.15, 0.2) is 66.1 Å². The molecule has 0 N–H and O–H groups in total. The maximum atomic E-state index is 15.1. The van der Waals surface area contributed by atoms with Gasteiger partial charge in [0.15, 0.2) is 5.69 Å². The van der Waals surface area contributed by atoms with E-state index in [0.29, 0.717) is 11.6 Å². The van der Waals surface area contributed by atoms with E-state index in [0.717, 1.165) is 0 Å². The van der Waals surface area contributed by atoms with E-state index in [9.17, 15) is 22.8 Å². The molecule has 1 atom stereocenters. The first kappa shape index (κ1) is 41.5. The van der Waals surface area contributed by atoms with E-state index in [4.69, 9.17) is 23.4 Å². The van der Waals surface area contributed by atoms with Crippen molar-refractivity contribution in [2.24, 2.45) is 0 Å². The summed E-state index contributed by atoms with van der Waals surface area (Å²) >= 11 is 0. The van der Waals surface area contributed by atoms with Gasteiger partial charge in [-0.25, -0.2) is 14.6 Å². The van der Waals surface area contributed by atoms with Crippen LogP contribution in [0.5, 0.6) is 5.88 Å². The van der Waals surface area contributed by atoms with Crippen LogP contribution in [-0.2, 0) is 32.6 Å². The number of carbonyl (C=O) groups excluding carboxylic acids is 2. The SMILES string of the molecule is C=CCCOc1nc(-c2nnc(C(CCC=C)(OCc3ccccc3)C(F)(F)F)o2)c(N(C(=O)OC(C)(C)C)C(=O)OC(C)(C)C)cc1C(F)(F)F. The van der Waals surface area contributed by atoms with E-state index in [-0.39, 0.29) is 24.3 Å². The minimum absolute atomic E-state index is 0.0683. The van der Waals surface area contributed by atoms with Crippen LogP contribution in [0.2, 0.25) is 0 Å². The van der Waals surface area contributed by atoms with Gasteiger partial charge >= 0.3 is 24.5 Å². The molecule has 0 spiro atoms. The Hall–Kier alpha value is -4.93. The lowest BCUT2D eigenvalue weighted by Crippen LogP contribution is -2.45. The number of hydrogen-bond donors (Lipinski definition) is 0. The molecule has 0 radical (unpaired) electrons. The normalized spacial score (nSPS) is 13.5. The fourth-order valence-electron chi connectivity index (χ4n) is 4.41. The molecule has 2 heterocycles. The van der Waals surface area contributed by atoms with Gasteiger partial charge in [0, 0.05) is 0 Å². The zero-order valence-corrected chi connectivity index (χ0v) is 29.5. The monoisotopic (exact) mass is 742 g/mol. The van der Waals surface area contributed by atoms with Crippen LogP contribution < -0.4 is 9.64 Å². The number of imide groups is 1. The van der Waals surface area contributed by atoms with Gasteiger partial charge in [0.25, 0.3) is 11.8 Å². The van der Waals surface area contributed by atoms with Crippen LogP contribution in [0.4, 0.5) is 41.6 Å². The van der Waals surface area contributed by atoms with E-state index < -0.39 is 89.0 Å². The molecule has 1 aromatic carbocycles. The molecule has 284 valence electrons. The summed E-state index contributed by atoms with van der Waals surface area (Å²) in [7, 11) is 0. The van der Waals surface area contributed by atoms with Crippen molar-refractivity contribution in [3.05, 3.63) is 78.7 Å². The van der Waals surface area contributed by atoms with Crippen LogP contribution in [0.1, 0.15) is 77.8 Å². The maximum absolute atomic E-state index is 15.1. The third-order valence-corrected chi connectivity index (χ3v) is 6.69. The van der Waals surface area contributed by atoms with Crippen LogP contribution in [0.25, 0.3) is 11.6 Å². The highest BCUT2D eigenvalue weighted by molar-refractivity contribution is 6.11. The van der Waals surface area contributed by atoms with Crippen LogP contribution in [0.3, 0.4) is 0 Å². The summed E-state index contributed by atoms with van der Waals surface area (Å²) in [6.45, 7) is 14.6. The second-order valence-corrected chi connectivity index (χ2v) is 13.3. The predicted octanol–water partition coefficient (Wildman–Crippen LogP) is 9.72.